The van der Waals surface area contributed by atoms with Crippen LogP contribution in [0.4, 0.5) is 0 Å². The van der Waals surface area contributed by atoms with Crippen LogP contribution in [0.2, 0.25) is 0 Å². The molecule has 28 heavy (non-hydrogen) atoms. The lowest BCUT2D eigenvalue weighted by atomic mass is 9.91. The summed E-state index contributed by atoms with van der Waals surface area (Å²) in [5.41, 5.74) is 2.17. The number of sulfone groups is 1. The van der Waals surface area contributed by atoms with Crippen molar-refractivity contribution in [1.29, 1.82) is 0 Å². The van der Waals surface area contributed by atoms with Crippen LogP contribution in [0.25, 0.3) is 0 Å². The van der Waals surface area contributed by atoms with Crippen molar-refractivity contribution in [3.8, 4) is 5.75 Å². The monoisotopic (exact) mass is 406 g/mol. The topological polar surface area (TPSA) is 106 Å². The number of pyridine rings is 1. The number of hydrogen-bond acceptors (Lipinski definition) is 6. The van der Waals surface area contributed by atoms with Gasteiger partial charge in [0.15, 0.2) is 14.6 Å². The summed E-state index contributed by atoms with van der Waals surface area (Å²) < 4.78 is 30.5. The molecule has 8 heteroatoms. The summed E-state index contributed by atoms with van der Waals surface area (Å²) in [6.07, 6.45) is 3.54. The molecule has 0 fully saturated rings. The molecule has 152 valence electrons. The second-order valence-corrected chi connectivity index (χ2v) is 9.34. The van der Waals surface area contributed by atoms with E-state index in [2.05, 4.69) is 4.98 Å². The number of carbonyl (C=O) groups excluding carboxylic acids is 1. The third-order valence-electron chi connectivity index (χ3n) is 4.74. The number of nitrogens with one attached hydrogen (secondary N) is 1. The number of hydroxylamine groups is 1. The van der Waals surface area contributed by atoms with Crippen molar-refractivity contribution >= 4 is 15.7 Å². The molecule has 1 heterocycles. The Bertz CT molecular complexity index is 883. The average Bonchev–Trinajstić information content (AvgIpc) is 2.71. The van der Waals surface area contributed by atoms with Crippen molar-refractivity contribution in [1.82, 2.24) is 10.5 Å². The third kappa shape index (κ3) is 4.51. The van der Waals surface area contributed by atoms with Gasteiger partial charge in [0.1, 0.15) is 5.75 Å². The first-order chi connectivity index (χ1) is 13.3. The highest BCUT2D eigenvalue weighted by Crippen LogP contribution is 2.35. The molecule has 0 saturated carbocycles. The quantitative estimate of drug-likeness (QED) is 0.490. The van der Waals surface area contributed by atoms with Gasteiger partial charge in [-0.2, -0.15) is 0 Å². The van der Waals surface area contributed by atoms with E-state index in [-0.39, 0.29) is 23.7 Å². The molecule has 2 rings (SSSR count). The zero-order chi connectivity index (χ0) is 20.8. The van der Waals surface area contributed by atoms with E-state index in [1.165, 1.54) is 37.6 Å². The third-order valence-corrected chi connectivity index (χ3v) is 7.19. The van der Waals surface area contributed by atoms with Crippen molar-refractivity contribution in [2.75, 3.05) is 7.11 Å². The lowest BCUT2D eigenvalue weighted by Crippen LogP contribution is -2.53. The molecule has 2 aromatic rings. The van der Waals surface area contributed by atoms with Crippen LogP contribution in [-0.2, 0) is 21.1 Å². The Morgan fingerprint density at radius 2 is 1.93 bits per heavy atom. The number of hydrogen-bond donors (Lipinski definition) is 2. The van der Waals surface area contributed by atoms with E-state index in [0.717, 1.165) is 0 Å². The zero-order valence-electron chi connectivity index (χ0n) is 16.3. The van der Waals surface area contributed by atoms with Crippen molar-refractivity contribution in [2.24, 2.45) is 5.92 Å². The van der Waals surface area contributed by atoms with Crippen LogP contribution in [-0.4, -0.2) is 36.4 Å². The Kier molecular flexibility index (Phi) is 7.15. The highest BCUT2D eigenvalue weighted by atomic mass is 32.2. The first-order valence-electron chi connectivity index (χ1n) is 8.99. The second kappa shape index (κ2) is 9.16. The Labute approximate surface area is 165 Å². The maximum absolute atomic E-state index is 13.6. The minimum Gasteiger partial charge on any atom is -0.497 e. The standard InChI is InChI=1S/C20H26N2O5S/c1-15(2)10-11-20(19(23)22-24,13-16-5-4-12-21-14-16)28(25,26)18-8-6-17(27-3)7-9-18/h4-9,12,14-15,24H,10-11,13H2,1-3H3,(H,22,23). The number of methoxy groups -OCH3 is 1. The van der Waals surface area contributed by atoms with Crippen molar-refractivity contribution < 1.29 is 23.2 Å². The van der Waals surface area contributed by atoms with E-state index >= 15 is 0 Å². The lowest BCUT2D eigenvalue weighted by molar-refractivity contribution is -0.132. The molecule has 0 aliphatic carbocycles. The Morgan fingerprint density at radius 3 is 2.43 bits per heavy atom. The van der Waals surface area contributed by atoms with Gasteiger partial charge in [-0.3, -0.25) is 15.0 Å². The summed E-state index contributed by atoms with van der Waals surface area (Å²) in [4.78, 5) is 16.8. The molecule has 0 aliphatic rings. The molecule has 1 aromatic carbocycles. The molecule has 1 aromatic heterocycles. The SMILES string of the molecule is COc1ccc(S(=O)(=O)C(CCC(C)C)(Cc2cccnc2)C(=O)NO)cc1. The van der Waals surface area contributed by atoms with Crippen LogP contribution < -0.4 is 10.2 Å². The fraction of sp³-hybridized carbons (Fsp3) is 0.400. The maximum Gasteiger partial charge on any atom is 0.265 e. The molecule has 0 bridgehead atoms. The number of benzene rings is 1. The molecule has 7 nitrogen and oxygen atoms in total. The Hall–Kier alpha value is -2.45. The van der Waals surface area contributed by atoms with Crippen LogP contribution in [0, 0.1) is 5.92 Å². The lowest BCUT2D eigenvalue weighted by Gasteiger charge is -2.32. The van der Waals surface area contributed by atoms with E-state index in [0.29, 0.717) is 17.7 Å². The van der Waals surface area contributed by atoms with Gasteiger partial charge >= 0.3 is 0 Å². The Morgan fingerprint density at radius 1 is 1.25 bits per heavy atom. The molecule has 0 aliphatic heterocycles. The largest absolute Gasteiger partial charge is 0.497 e. The first kappa shape index (κ1) is 21.8. The van der Waals surface area contributed by atoms with Crippen LogP contribution >= 0.6 is 0 Å². The number of rotatable bonds is 9. The maximum atomic E-state index is 13.6. The molecule has 0 spiro atoms. The molecular formula is C20H26N2O5S. The van der Waals surface area contributed by atoms with Crippen molar-refractivity contribution in [2.45, 2.75) is 42.8 Å². The number of amides is 1. The van der Waals surface area contributed by atoms with Gasteiger partial charge in [-0.25, -0.2) is 13.9 Å². The summed E-state index contributed by atoms with van der Waals surface area (Å²) >= 11 is 0. The van der Waals surface area contributed by atoms with Gasteiger partial charge < -0.3 is 4.74 Å². The van der Waals surface area contributed by atoms with Gasteiger partial charge in [-0.05, 0) is 54.7 Å². The predicted molar refractivity (Wildman–Crippen MR) is 105 cm³/mol. The van der Waals surface area contributed by atoms with Gasteiger partial charge in [0, 0.05) is 18.8 Å². The predicted octanol–water partition coefficient (Wildman–Crippen LogP) is 2.79. The normalized spacial score (nSPS) is 13.8. The van der Waals surface area contributed by atoms with Gasteiger partial charge in [0.2, 0.25) is 0 Å². The minimum absolute atomic E-state index is 0.00968. The number of aromatic nitrogens is 1. The Balaban J connectivity index is 2.62. The number of ether oxygens (including phenoxy) is 1. The van der Waals surface area contributed by atoms with Crippen molar-refractivity contribution in [3.05, 3.63) is 54.4 Å². The molecular weight excluding hydrogens is 380 g/mol. The minimum atomic E-state index is -4.15. The smallest absolute Gasteiger partial charge is 0.265 e. The van der Waals surface area contributed by atoms with Crippen LogP contribution in [0.5, 0.6) is 5.75 Å². The molecule has 0 radical (unpaired) electrons. The summed E-state index contributed by atoms with van der Waals surface area (Å²) in [7, 11) is -2.66. The van der Waals surface area contributed by atoms with Gasteiger partial charge in [-0.1, -0.05) is 19.9 Å². The molecule has 1 unspecified atom stereocenters. The zero-order valence-corrected chi connectivity index (χ0v) is 17.1. The summed E-state index contributed by atoms with van der Waals surface area (Å²) in [6.45, 7) is 3.90. The summed E-state index contributed by atoms with van der Waals surface area (Å²) in [5, 5.41) is 9.41. The number of carbonyl (C=O) groups is 1. The molecule has 2 N–H and O–H groups in total. The average molecular weight is 407 g/mol. The number of nitrogens with zero attached hydrogens (tertiary/aromatic N) is 1. The fourth-order valence-electron chi connectivity index (χ4n) is 3.07. The van der Waals surface area contributed by atoms with E-state index in [9.17, 15) is 18.4 Å². The van der Waals surface area contributed by atoms with Crippen LogP contribution in [0.1, 0.15) is 32.3 Å². The van der Waals surface area contributed by atoms with E-state index in [1.54, 1.807) is 23.8 Å². The van der Waals surface area contributed by atoms with Gasteiger partial charge in [0.05, 0.1) is 12.0 Å². The van der Waals surface area contributed by atoms with Crippen molar-refractivity contribution in [3.63, 3.8) is 0 Å². The van der Waals surface area contributed by atoms with Crippen LogP contribution in [0.3, 0.4) is 0 Å². The van der Waals surface area contributed by atoms with Crippen LogP contribution in [0.15, 0.2) is 53.7 Å². The molecule has 1 atom stereocenters. The van der Waals surface area contributed by atoms with Gasteiger partial charge in [-0.15, -0.1) is 0 Å². The second-order valence-electron chi connectivity index (χ2n) is 7.08. The summed E-state index contributed by atoms with van der Waals surface area (Å²) in [5.74, 6) is -0.274. The first-order valence-corrected chi connectivity index (χ1v) is 10.5. The highest BCUT2D eigenvalue weighted by Gasteiger charge is 2.51. The highest BCUT2D eigenvalue weighted by molar-refractivity contribution is 7.93. The molecule has 0 saturated heterocycles. The molecule has 1 amide bonds. The van der Waals surface area contributed by atoms with Gasteiger partial charge in [0.25, 0.3) is 5.91 Å². The van der Waals surface area contributed by atoms with E-state index in [1.807, 2.05) is 13.8 Å². The summed E-state index contributed by atoms with van der Waals surface area (Å²) in [6, 6.07) is 9.27. The van der Waals surface area contributed by atoms with E-state index in [4.69, 9.17) is 4.74 Å². The fourth-order valence-corrected chi connectivity index (χ4v) is 5.05. The van der Waals surface area contributed by atoms with E-state index < -0.39 is 20.5 Å².